The average Bonchev–Trinajstić information content (AvgIpc) is 3.45. The van der Waals surface area contributed by atoms with E-state index in [2.05, 4.69) is 10.0 Å². The number of carbonyl (C=O) groups is 1. The van der Waals surface area contributed by atoms with Gasteiger partial charge in [-0.2, -0.15) is 0 Å². The molecule has 2 aromatic rings. The first-order valence-corrected chi connectivity index (χ1v) is 10.1. The van der Waals surface area contributed by atoms with Gasteiger partial charge < -0.3 is 11.1 Å². The standard InChI is InChI=1S/C18H20ClN3O3S/c19-13-7-9-14(10-8-13)26(24,25)22-17-4-2-1-3-15(17)18(23)21-11-16(20)12-5-6-12/h1-4,7-10,12,16,22H,5-6,11,20H2,(H,21,23). The van der Waals surface area contributed by atoms with Crippen LogP contribution in [0.5, 0.6) is 0 Å². The van der Waals surface area contributed by atoms with Crippen LogP contribution in [-0.2, 0) is 10.0 Å². The third-order valence-electron chi connectivity index (χ3n) is 4.27. The Morgan fingerprint density at radius 3 is 2.46 bits per heavy atom. The normalized spacial score (nSPS) is 15.3. The van der Waals surface area contributed by atoms with E-state index in [1.807, 2.05) is 0 Å². The predicted octanol–water partition coefficient (Wildman–Crippen LogP) is 2.61. The first-order valence-electron chi connectivity index (χ1n) is 8.28. The van der Waals surface area contributed by atoms with Crippen LogP contribution in [0.2, 0.25) is 5.02 Å². The molecule has 2 aromatic carbocycles. The minimum Gasteiger partial charge on any atom is -0.350 e. The second-order valence-electron chi connectivity index (χ2n) is 6.32. The van der Waals surface area contributed by atoms with Crippen molar-refractivity contribution in [2.45, 2.75) is 23.8 Å². The van der Waals surface area contributed by atoms with Crippen LogP contribution >= 0.6 is 11.6 Å². The summed E-state index contributed by atoms with van der Waals surface area (Å²) in [6, 6.07) is 12.2. The van der Waals surface area contributed by atoms with Crippen molar-refractivity contribution in [1.82, 2.24) is 5.32 Å². The number of nitrogens with two attached hydrogens (primary N) is 1. The summed E-state index contributed by atoms with van der Waals surface area (Å²) in [6.07, 6.45) is 2.18. The largest absolute Gasteiger partial charge is 0.350 e. The maximum atomic E-state index is 12.5. The molecule has 0 heterocycles. The molecule has 4 N–H and O–H groups in total. The molecule has 1 fully saturated rings. The molecule has 3 rings (SSSR count). The molecule has 0 saturated heterocycles. The van der Waals surface area contributed by atoms with Crippen LogP contribution in [0.1, 0.15) is 23.2 Å². The van der Waals surface area contributed by atoms with Crippen molar-refractivity contribution < 1.29 is 13.2 Å². The van der Waals surface area contributed by atoms with Gasteiger partial charge in [-0.1, -0.05) is 23.7 Å². The molecule has 0 radical (unpaired) electrons. The Hall–Kier alpha value is -2.09. The van der Waals surface area contributed by atoms with E-state index < -0.39 is 10.0 Å². The molecule has 0 aliphatic heterocycles. The Morgan fingerprint density at radius 2 is 1.81 bits per heavy atom. The number of sulfonamides is 1. The van der Waals surface area contributed by atoms with E-state index >= 15 is 0 Å². The maximum Gasteiger partial charge on any atom is 0.261 e. The van der Waals surface area contributed by atoms with Crippen LogP contribution < -0.4 is 15.8 Å². The van der Waals surface area contributed by atoms with Gasteiger partial charge >= 0.3 is 0 Å². The number of para-hydroxylation sites is 1. The van der Waals surface area contributed by atoms with Gasteiger partial charge in [0.05, 0.1) is 16.1 Å². The Morgan fingerprint density at radius 1 is 1.15 bits per heavy atom. The van der Waals surface area contributed by atoms with E-state index in [0.29, 0.717) is 17.5 Å². The van der Waals surface area contributed by atoms with Gasteiger partial charge in [0.15, 0.2) is 0 Å². The smallest absolute Gasteiger partial charge is 0.261 e. The third kappa shape index (κ3) is 4.55. The van der Waals surface area contributed by atoms with E-state index in [-0.39, 0.29) is 28.1 Å². The first kappa shape index (κ1) is 18.7. The van der Waals surface area contributed by atoms with Crippen molar-refractivity contribution in [2.24, 2.45) is 11.7 Å². The number of amides is 1. The fourth-order valence-electron chi connectivity index (χ4n) is 2.58. The van der Waals surface area contributed by atoms with Crippen LogP contribution in [0, 0.1) is 5.92 Å². The first-order chi connectivity index (χ1) is 12.4. The minimum absolute atomic E-state index is 0.0628. The van der Waals surface area contributed by atoms with Gasteiger partial charge in [0, 0.05) is 17.6 Å². The molecule has 1 amide bonds. The summed E-state index contributed by atoms with van der Waals surface area (Å²) in [6.45, 7) is 0.363. The van der Waals surface area contributed by atoms with Crippen molar-refractivity contribution in [1.29, 1.82) is 0 Å². The molecular weight excluding hydrogens is 374 g/mol. The molecule has 0 spiro atoms. The molecular formula is C18H20ClN3O3S. The highest BCUT2D eigenvalue weighted by Gasteiger charge is 2.28. The monoisotopic (exact) mass is 393 g/mol. The zero-order valence-corrected chi connectivity index (χ0v) is 15.6. The SMILES string of the molecule is NC(CNC(=O)c1ccccc1NS(=O)(=O)c1ccc(Cl)cc1)C1CC1. The molecule has 1 atom stereocenters. The van der Waals surface area contributed by atoms with E-state index in [1.165, 1.54) is 24.3 Å². The van der Waals surface area contributed by atoms with Crippen LogP contribution in [0.4, 0.5) is 5.69 Å². The Labute approximate surface area is 157 Å². The Kier molecular flexibility index (Phi) is 5.50. The van der Waals surface area contributed by atoms with Gasteiger partial charge in [-0.15, -0.1) is 0 Å². The molecule has 0 aromatic heterocycles. The van der Waals surface area contributed by atoms with E-state index in [1.54, 1.807) is 24.3 Å². The molecule has 0 bridgehead atoms. The summed E-state index contributed by atoms with van der Waals surface area (Å²) < 4.78 is 27.6. The quantitative estimate of drug-likeness (QED) is 0.672. The number of carbonyl (C=O) groups excluding carboxylic acids is 1. The summed E-state index contributed by atoms with van der Waals surface area (Å²) >= 11 is 5.80. The average molecular weight is 394 g/mol. The summed E-state index contributed by atoms with van der Waals surface area (Å²) in [5.41, 5.74) is 6.45. The molecule has 6 nitrogen and oxygen atoms in total. The predicted molar refractivity (Wildman–Crippen MR) is 102 cm³/mol. The molecule has 1 aliphatic rings. The number of anilines is 1. The summed E-state index contributed by atoms with van der Waals surface area (Å²) in [5, 5.41) is 3.22. The van der Waals surface area contributed by atoms with Crippen molar-refractivity contribution >= 4 is 33.2 Å². The second kappa shape index (κ2) is 7.65. The lowest BCUT2D eigenvalue weighted by Crippen LogP contribution is -2.38. The number of hydrogen-bond acceptors (Lipinski definition) is 4. The maximum absolute atomic E-state index is 12.5. The van der Waals surface area contributed by atoms with Gasteiger partial charge in [0.1, 0.15) is 0 Å². The zero-order valence-electron chi connectivity index (χ0n) is 14.0. The van der Waals surface area contributed by atoms with Crippen molar-refractivity contribution in [3.63, 3.8) is 0 Å². The summed E-state index contributed by atoms with van der Waals surface area (Å²) in [7, 11) is -3.83. The van der Waals surface area contributed by atoms with Crippen molar-refractivity contribution in [2.75, 3.05) is 11.3 Å². The molecule has 26 heavy (non-hydrogen) atoms. The summed E-state index contributed by atoms with van der Waals surface area (Å²) in [4.78, 5) is 12.5. The van der Waals surface area contributed by atoms with Crippen LogP contribution in [0.25, 0.3) is 0 Å². The van der Waals surface area contributed by atoms with Gasteiger partial charge in [-0.3, -0.25) is 9.52 Å². The number of nitrogens with one attached hydrogen (secondary N) is 2. The number of benzene rings is 2. The third-order valence-corrected chi connectivity index (χ3v) is 5.90. The van der Waals surface area contributed by atoms with E-state index in [9.17, 15) is 13.2 Å². The molecule has 138 valence electrons. The van der Waals surface area contributed by atoms with E-state index in [4.69, 9.17) is 17.3 Å². The summed E-state index contributed by atoms with van der Waals surface area (Å²) in [5.74, 6) is 0.101. The van der Waals surface area contributed by atoms with Crippen LogP contribution in [0.3, 0.4) is 0 Å². The van der Waals surface area contributed by atoms with Gasteiger partial charge in [-0.25, -0.2) is 8.42 Å². The fraction of sp³-hybridized carbons (Fsp3) is 0.278. The van der Waals surface area contributed by atoms with Gasteiger partial charge in [-0.05, 0) is 55.2 Å². The fourth-order valence-corrected chi connectivity index (χ4v) is 3.79. The van der Waals surface area contributed by atoms with Gasteiger partial charge in [0.2, 0.25) is 0 Å². The molecule has 1 saturated carbocycles. The highest BCUT2D eigenvalue weighted by molar-refractivity contribution is 7.92. The Bertz CT molecular complexity index is 896. The Balaban J connectivity index is 1.75. The molecule has 1 unspecified atom stereocenters. The van der Waals surface area contributed by atoms with Crippen molar-refractivity contribution in [3.05, 3.63) is 59.1 Å². The highest BCUT2D eigenvalue weighted by atomic mass is 35.5. The van der Waals surface area contributed by atoms with Gasteiger partial charge in [0.25, 0.3) is 15.9 Å². The highest BCUT2D eigenvalue weighted by Crippen LogP contribution is 2.31. The lowest BCUT2D eigenvalue weighted by molar-refractivity contribution is 0.0951. The topological polar surface area (TPSA) is 101 Å². The van der Waals surface area contributed by atoms with Crippen LogP contribution in [0.15, 0.2) is 53.4 Å². The molecule has 8 heteroatoms. The van der Waals surface area contributed by atoms with E-state index in [0.717, 1.165) is 12.8 Å². The zero-order chi connectivity index (χ0) is 18.7. The number of halogens is 1. The number of rotatable bonds is 7. The van der Waals surface area contributed by atoms with Crippen LogP contribution in [-0.4, -0.2) is 26.9 Å². The second-order valence-corrected chi connectivity index (χ2v) is 8.44. The number of hydrogen-bond donors (Lipinski definition) is 3. The van der Waals surface area contributed by atoms with Crippen molar-refractivity contribution in [3.8, 4) is 0 Å². The lowest BCUT2D eigenvalue weighted by atomic mass is 10.1. The lowest BCUT2D eigenvalue weighted by Gasteiger charge is -2.15. The molecule has 1 aliphatic carbocycles. The minimum atomic E-state index is -3.83.